The molecule has 0 aliphatic carbocycles. The summed E-state index contributed by atoms with van der Waals surface area (Å²) in [4.78, 5) is 15.9. The summed E-state index contributed by atoms with van der Waals surface area (Å²) in [5.41, 5.74) is 7.39. The summed E-state index contributed by atoms with van der Waals surface area (Å²) in [6, 6.07) is 5.26. The van der Waals surface area contributed by atoms with Crippen molar-refractivity contribution in [1.29, 1.82) is 0 Å². The van der Waals surface area contributed by atoms with E-state index in [0.29, 0.717) is 17.1 Å². The Hall–Kier alpha value is -1.40. The Kier molecular flexibility index (Phi) is 3.44. The highest BCUT2D eigenvalue weighted by Gasteiger charge is 2.09. The van der Waals surface area contributed by atoms with Crippen LogP contribution in [0, 0.1) is 6.92 Å². The standard InChI is InChI=1S/C11H10BrN3OS/c1-6-14-10(5-17-6)11(16)15-7-2-3-8(12)9(13)4-7/h2-5H,13H2,1H3,(H,15,16). The van der Waals surface area contributed by atoms with E-state index in [1.807, 2.05) is 6.92 Å². The fourth-order valence-electron chi connectivity index (χ4n) is 1.28. The molecule has 3 N–H and O–H groups in total. The zero-order chi connectivity index (χ0) is 12.4. The number of nitrogens with one attached hydrogen (secondary N) is 1. The summed E-state index contributed by atoms with van der Waals surface area (Å²) in [5, 5.41) is 5.34. The molecule has 4 nitrogen and oxygen atoms in total. The molecule has 0 unspecified atom stereocenters. The number of amides is 1. The van der Waals surface area contributed by atoms with Gasteiger partial charge < -0.3 is 11.1 Å². The number of aryl methyl sites for hydroxylation is 1. The first-order valence-electron chi connectivity index (χ1n) is 4.85. The smallest absolute Gasteiger partial charge is 0.275 e. The maximum Gasteiger partial charge on any atom is 0.275 e. The number of aromatic nitrogens is 1. The summed E-state index contributed by atoms with van der Waals surface area (Å²) < 4.78 is 0.806. The van der Waals surface area contributed by atoms with Gasteiger partial charge in [-0.05, 0) is 41.1 Å². The van der Waals surface area contributed by atoms with E-state index in [9.17, 15) is 4.79 Å². The van der Waals surface area contributed by atoms with Crippen LogP contribution in [0.25, 0.3) is 0 Å². The zero-order valence-electron chi connectivity index (χ0n) is 9.03. The van der Waals surface area contributed by atoms with E-state index in [1.54, 1.807) is 23.6 Å². The van der Waals surface area contributed by atoms with Crippen molar-refractivity contribution in [1.82, 2.24) is 4.98 Å². The van der Waals surface area contributed by atoms with Gasteiger partial charge in [-0.1, -0.05) is 0 Å². The molecule has 1 heterocycles. The molecular weight excluding hydrogens is 302 g/mol. The molecule has 17 heavy (non-hydrogen) atoms. The van der Waals surface area contributed by atoms with Crippen LogP contribution in [0.5, 0.6) is 0 Å². The SMILES string of the molecule is Cc1nc(C(=O)Nc2ccc(Br)c(N)c2)cs1. The monoisotopic (exact) mass is 311 g/mol. The van der Waals surface area contributed by atoms with Crippen molar-refractivity contribution in [2.24, 2.45) is 0 Å². The molecule has 1 aromatic carbocycles. The minimum absolute atomic E-state index is 0.226. The Bertz CT molecular complexity index is 568. The maximum absolute atomic E-state index is 11.8. The lowest BCUT2D eigenvalue weighted by Gasteiger charge is -2.05. The summed E-state index contributed by atoms with van der Waals surface area (Å²) in [5.74, 6) is -0.226. The van der Waals surface area contributed by atoms with Crippen molar-refractivity contribution in [2.45, 2.75) is 6.92 Å². The van der Waals surface area contributed by atoms with Crippen molar-refractivity contribution in [3.05, 3.63) is 38.8 Å². The largest absolute Gasteiger partial charge is 0.398 e. The van der Waals surface area contributed by atoms with Crippen molar-refractivity contribution in [3.8, 4) is 0 Å². The first kappa shape index (κ1) is 12.1. The fourth-order valence-corrected chi connectivity index (χ4v) is 2.12. The highest BCUT2D eigenvalue weighted by Crippen LogP contribution is 2.23. The molecule has 2 rings (SSSR count). The molecule has 0 aliphatic heterocycles. The van der Waals surface area contributed by atoms with E-state index in [4.69, 9.17) is 5.73 Å². The second kappa shape index (κ2) is 4.85. The van der Waals surface area contributed by atoms with Gasteiger partial charge in [-0.15, -0.1) is 11.3 Å². The molecule has 0 fully saturated rings. The first-order chi connectivity index (χ1) is 8.06. The van der Waals surface area contributed by atoms with Crippen LogP contribution in [0.1, 0.15) is 15.5 Å². The number of nitrogens with two attached hydrogens (primary N) is 1. The van der Waals surface area contributed by atoms with Crippen LogP contribution >= 0.6 is 27.3 Å². The molecule has 6 heteroatoms. The van der Waals surface area contributed by atoms with Crippen LogP contribution in [0.15, 0.2) is 28.1 Å². The quantitative estimate of drug-likeness (QED) is 0.838. The number of benzene rings is 1. The average molecular weight is 312 g/mol. The summed E-state index contributed by atoms with van der Waals surface area (Å²) in [6.45, 7) is 1.86. The second-order valence-electron chi connectivity index (χ2n) is 3.44. The second-order valence-corrected chi connectivity index (χ2v) is 5.36. The lowest BCUT2D eigenvalue weighted by Crippen LogP contribution is -2.12. The van der Waals surface area contributed by atoms with Crippen LogP contribution < -0.4 is 11.1 Å². The van der Waals surface area contributed by atoms with Crippen molar-refractivity contribution < 1.29 is 4.79 Å². The number of carbonyl (C=O) groups is 1. The minimum Gasteiger partial charge on any atom is -0.398 e. The van der Waals surface area contributed by atoms with Gasteiger partial charge in [-0.25, -0.2) is 4.98 Å². The molecule has 0 saturated carbocycles. The third-order valence-corrected chi connectivity index (χ3v) is 3.60. The molecule has 1 amide bonds. The normalized spacial score (nSPS) is 10.2. The first-order valence-corrected chi connectivity index (χ1v) is 6.52. The number of hydrogen-bond acceptors (Lipinski definition) is 4. The lowest BCUT2D eigenvalue weighted by molar-refractivity contribution is 0.102. The molecule has 0 aliphatic rings. The van der Waals surface area contributed by atoms with Gasteiger partial charge in [0.1, 0.15) is 5.69 Å². The van der Waals surface area contributed by atoms with Gasteiger partial charge in [0.2, 0.25) is 0 Å². The molecule has 0 spiro atoms. The van der Waals surface area contributed by atoms with Gasteiger partial charge in [-0.3, -0.25) is 4.79 Å². The third kappa shape index (κ3) is 2.83. The predicted octanol–water partition coefficient (Wildman–Crippen LogP) is 3.05. The van der Waals surface area contributed by atoms with Crippen LogP contribution in [0.4, 0.5) is 11.4 Å². The molecule has 1 aromatic heterocycles. The molecule has 0 bridgehead atoms. The maximum atomic E-state index is 11.8. The predicted molar refractivity (Wildman–Crippen MR) is 73.4 cm³/mol. The molecule has 0 saturated heterocycles. The Morgan fingerprint density at radius 2 is 2.29 bits per heavy atom. The van der Waals surface area contributed by atoms with Crippen LogP contribution in [-0.2, 0) is 0 Å². The minimum atomic E-state index is -0.226. The third-order valence-electron chi connectivity index (χ3n) is 2.11. The van der Waals surface area contributed by atoms with Crippen molar-refractivity contribution >= 4 is 44.5 Å². The van der Waals surface area contributed by atoms with Crippen LogP contribution in [-0.4, -0.2) is 10.9 Å². The van der Waals surface area contributed by atoms with E-state index >= 15 is 0 Å². The summed E-state index contributed by atoms with van der Waals surface area (Å²) in [6.07, 6.45) is 0. The number of halogens is 1. The molecule has 88 valence electrons. The Labute approximate surface area is 111 Å². The average Bonchev–Trinajstić information content (AvgIpc) is 2.70. The van der Waals surface area contributed by atoms with Crippen molar-refractivity contribution in [2.75, 3.05) is 11.1 Å². The van der Waals surface area contributed by atoms with Gasteiger partial charge in [0.15, 0.2) is 0 Å². The van der Waals surface area contributed by atoms with Crippen molar-refractivity contribution in [3.63, 3.8) is 0 Å². The van der Waals surface area contributed by atoms with Gasteiger partial charge >= 0.3 is 0 Å². The topological polar surface area (TPSA) is 68.0 Å². The molecule has 0 atom stereocenters. The van der Waals surface area contributed by atoms with Crippen LogP contribution in [0.2, 0.25) is 0 Å². The number of hydrogen-bond donors (Lipinski definition) is 2. The Balaban J connectivity index is 2.15. The summed E-state index contributed by atoms with van der Waals surface area (Å²) >= 11 is 4.74. The Morgan fingerprint density at radius 1 is 1.53 bits per heavy atom. The Morgan fingerprint density at radius 3 is 2.88 bits per heavy atom. The highest BCUT2D eigenvalue weighted by atomic mass is 79.9. The number of anilines is 2. The van der Waals surface area contributed by atoms with E-state index in [1.165, 1.54) is 11.3 Å². The van der Waals surface area contributed by atoms with Crippen LogP contribution in [0.3, 0.4) is 0 Å². The van der Waals surface area contributed by atoms with E-state index in [2.05, 4.69) is 26.2 Å². The number of nitrogen functional groups attached to an aromatic ring is 1. The number of rotatable bonds is 2. The van der Waals surface area contributed by atoms with E-state index in [-0.39, 0.29) is 5.91 Å². The lowest BCUT2D eigenvalue weighted by atomic mass is 10.3. The molecule has 0 radical (unpaired) electrons. The number of nitrogens with zero attached hydrogens (tertiary/aromatic N) is 1. The molecule has 2 aromatic rings. The van der Waals surface area contributed by atoms with Gasteiger partial charge in [0, 0.05) is 21.2 Å². The van der Waals surface area contributed by atoms with Gasteiger partial charge in [0.25, 0.3) is 5.91 Å². The van der Waals surface area contributed by atoms with E-state index in [0.717, 1.165) is 9.48 Å². The van der Waals surface area contributed by atoms with Gasteiger partial charge in [-0.2, -0.15) is 0 Å². The fraction of sp³-hybridized carbons (Fsp3) is 0.0909. The van der Waals surface area contributed by atoms with Gasteiger partial charge in [0.05, 0.1) is 5.01 Å². The zero-order valence-corrected chi connectivity index (χ0v) is 11.4. The number of carbonyl (C=O) groups excluding carboxylic acids is 1. The highest BCUT2D eigenvalue weighted by molar-refractivity contribution is 9.10. The summed E-state index contributed by atoms with van der Waals surface area (Å²) in [7, 11) is 0. The molecular formula is C11H10BrN3OS. The van der Waals surface area contributed by atoms with E-state index < -0.39 is 0 Å². The number of thiazole rings is 1.